The van der Waals surface area contributed by atoms with Gasteiger partial charge in [-0.25, -0.2) is 27.5 Å². The summed E-state index contributed by atoms with van der Waals surface area (Å²) in [5.74, 6) is 6.30. The Morgan fingerprint density at radius 1 is 0.346 bits per heavy atom. The van der Waals surface area contributed by atoms with Crippen LogP contribution in [0.3, 0.4) is 0 Å². The number of nitrogens with zero attached hydrogens (tertiary/aromatic N) is 8. The Morgan fingerprint density at radius 3 is 0.919 bits per heavy atom. The molecule has 12 atom stereocenters. The summed E-state index contributed by atoms with van der Waals surface area (Å²) >= 11 is 48.0. The Kier molecular flexibility index (Phi) is 24.4. The molecule has 12 saturated carbocycles. The van der Waals surface area contributed by atoms with Crippen molar-refractivity contribution >= 4 is 121 Å². The van der Waals surface area contributed by atoms with Crippen molar-refractivity contribution in [2.24, 2.45) is 92.7 Å². The first kappa shape index (κ1) is 93.2. The Hall–Kier alpha value is -9.15. The molecule has 28 rings (SSSR count). The van der Waals surface area contributed by atoms with Crippen LogP contribution >= 0.6 is 97.1 Å². The Labute approximate surface area is 836 Å². The average Bonchev–Trinajstić information content (AvgIpc) is 1.71. The van der Waals surface area contributed by atoms with Gasteiger partial charge in [0, 0.05) is 127 Å². The molecule has 704 valence electrons. The van der Waals surface area contributed by atoms with E-state index in [4.69, 9.17) is 96.5 Å². The highest BCUT2D eigenvalue weighted by atomic mass is 79.9. The highest BCUT2D eigenvalue weighted by Gasteiger charge is 2.58. The summed E-state index contributed by atoms with van der Waals surface area (Å²) in [6.07, 6.45) is 17.5. The molecule has 0 aliphatic heterocycles. The van der Waals surface area contributed by atoms with Gasteiger partial charge in [-0.05, 0) is 297 Å². The second-order valence-electron chi connectivity index (χ2n) is 43.0. The summed E-state index contributed by atoms with van der Waals surface area (Å²) in [4.78, 5) is 53.8. The number of nitrogens with one attached hydrogen (secondary N) is 4. The standard InChI is InChI=1S/C28H29Cl2N3O.C28H29F2N3O.C27H26BrCl2N3O.C27H26Cl3N3O/c2*1-15-4-8-20-17(10-15)11-21-25(32-33(26(20)21)24-9-7-19(29)13-23(24)30)27(34)31-14-16-5-6-18-12-22(16)28(18,2)3;2*1-27(2)16-4-3-14(21(27)11-16)13-31-26(34)24-20-10-15-9-17(28)5-7-19(15)25(20)33(32-24)23-8-6-18(29)12-22(23)30/h2*4,7-10,13,16,18,22H,5-6,11-12,14H2,1-3H3,(H,31,34);2*5-9,12,14,16,21H,3-4,10-11,13H2,1-2H3,(H,31,34). The van der Waals surface area contributed by atoms with Crippen LogP contribution < -0.4 is 21.3 Å². The van der Waals surface area contributed by atoms with E-state index in [-0.39, 0.29) is 29.3 Å². The van der Waals surface area contributed by atoms with Crippen LogP contribution in [0.25, 0.3) is 67.8 Å². The third-order valence-corrected chi connectivity index (χ3v) is 36.9. The second kappa shape index (κ2) is 35.6. The molecule has 136 heavy (non-hydrogen) atoms. The molecule has 16 aliphatic rings. The van der Waals surface area contributed by atoms with E-state index in [0.717, 1.165) is 131 Å². The Balaban J connectivity index is 0.000000108. The number of rotatable bonds is 16. The molecule has 12 aromatic rings. The maximum atomic E-state index is 14.8. The first-order valence-electron chi connectivity index (χ1n) is 48.1. The number of hydrogen-bond acceptors (Lipinski definition) is 8. The van der Waals surface area contributed by atoms with E-state index < -0.39 is 11.6 Å². The molecule has 12 fully saturated rings. The molecule has 4 heterocycles. The quantitative estimate of drug-likeness (QED) is 0.0735. The average molecular weight is 2030 g/mol. The molecular weight excluding hydrogens is 1920 g/mol. The van der Waals surface area contributed by atoms with Crippen LogP contribution in [0.1, 0.15) is 230 Å². The summed E-state index contributed by atoms with van der Waals surface area (Å²) < 4.78 is 36.3. The Bertz CT molecular complexity index is 6130. The molecule has 0 spiro atoms. The third kappa shape index (κ3) is 16.3. The van der Waals surface area contributed by atoms with E-state index in [1.807, 2.05) is 70.9 Å². The summed E-state index contributed by atoms with van der Waals surface area (Å²) in [6, 6.07) is 44.0. The van der Waals surface area contributed by atoms with Gasteiger partial charge in [-0.1, -0.05) is 212 Å². The molecule has 12 unspecified atom stereocenters. The molecule has 4 N–H and O–H groups in total. The molecule has 8 bridgehead atoms. The van der Waals surface area contributed by atoms with E-state index in [0.29, 0.717) is 189 Å². The van der Waals surface area contributed by atoms with E-state index >= 15 is 0 Å². The van der Waals surface area contributed by atoms with Crippen LogP contribution in [0.5, 0.6) is 0 Å². The summed E-state index contributed by atoms with van der Waals surface area (Å²) in [5, 5.41) is 35.7. The normalized spacial score (nSPS) is 23.7. The fourth-order valence-corrected chi connectivity index (χ4v) is 28.6. The van der Waals surface area contributed by atoms with E-state index in [1.165, 1.54) is 104 Å². The first-order valence-corrected chi connectivity index (χ1v) is 51.6. The van der Waals surface area contributed by atoms with Gasteiger partial charge < -0.3 is 21.3 Å². The summed E-state index contributed by atoms with van der Waals surface area (Å²) in [5.41, 5.74) is 23.7. The van der Waals surface area contributed by atoms with Crippen LogP contribution in [0.4, 0.5) is 8.78 Å². The van der Waals surface area contributed by atoms with Crippen molar-refractivity contribution in [1.29, 1.82) is 0 Å². The summed E-state index contributed by atoms with van der Waals surface area (Å²) in [7, 11) is 0. The second-order valence-corrected chi connectivity index (χ2v) is 46.9. The van der Waals surface area contributed by atoms with E-state index in [1.54, 1.807) is 41.1 Å². The van der Waals surface area contributed by atoms with Crippen molar-refractivity contribution in [2.45, 2.75) is 172 Å². The highest BCUT2D eigenvalue weighted by molar-refractivity contribution is 9.10. The topological polar surface area (TPSA) is 188 Å². The smallest absolute Gasteiger partial charge is 0.272 e. The lowest BCUT2D eigenvalue weighted by Gasteiger charge is -2.60. The SMILES string of the molecule is CC1(C)C2CCC(CNC(=O)c3nn(-c4ccc(Cl)cc4Cl)c4c3Cc3cc(Br)ccc3-4)C1C2.CC1(C)C2CCC(CNC(=O)c3nn(-c4ccc(Cl)cc4Cl)c4c3Cc3cc(Cl)ccc3-4)C1C2.Cc1ccc2c(c1)Cc1c(C(=O)NCC3CCC4CC3C4(C)C)nn(-c3ccc(Cl)cc3Cl)c1-2.Cc1ccc2c(c1)Cc1c(C(=O)NCC3CCC4CC3C4(C)C)nn(-c3ccc(F)cc3F)c1-2. The van der Waals surface area contributed by atoms with Crippen LogP contribution in [0, 0.1) is 118 Å². The highest BCUT2D eigenvalue weighted by Crippen LogP contribution is 2.65. The zero-order valence-electron chi connectivity index (χ0n) is 77.9. The molecule has 8 aromatic carbocycles. The molecule has 0 saturated heterocycles. The van der Waals surface area contributed by atoms with Crippen LogP contribution in [0.15, 0.2) is 150 Å². The van der Waals surface area contributed by atoms with Crippen molar-refractivity contribution in [3.8, 4) is 67.8 Å². The fraction of sp³-hybridized carbons (Fsp3) is 0.418. The van der Waals surface area contributed by atoms with Crippen molar-refractivity contribution < 1.29 is 28.0 Å². The maximum Gasteiger partial charge on any atom is 0.272 e. The lowest BCUT2D eigenvalue weighted by Crippen LogP contribution is -2.54. The zero-order valence-corrected chi connectivity index (χ0v) is 84.8. The van der Waals surface area contributed by atoms with Crippen molar-refractivity contribution in [1.82, 2.24) is 60.4 Å². The van der Waals surface area contributed by atoms with Crippen molar-refractivity contribution in [3.63, 3.8) is 0 Å². The van der Waals surface area contributed by atoms with Gasteiger partial charge in [-0.2, -0.15) is 20.4 Å². The number of carbonyl (C=O) groups is 4. The van der Waals surface area contributed by atoms with Crippen molar-refractivity contribution in [3.05, 3.63) is 275 Å². The van der Waals surface area contributed by atoms with Gasteiger partial charge in [0.2, 0.25) is 0 Å². The van der Waals surface area contributed by atoms with Gasteiger partial charge in [-0.3, -0.25) is 19.2 Å². The van der Waals surface area contributed by atoms with E-state index in [2.05, 4.69) is 141 Å². The van der Waals surface area contributed by atoms with E-state index in [9.17, 15) is 28.0 Å². The van der Waals surface area contributed by atoms with Gasteiger partial charge in [0.25, 0.3) is 23.6 Å². The van der Waals surface area contributed by atoms with Gasteiger partial charge >= 0.3 is 0 Å². The molecule has 4 aromatic heterocycles. The Morgan fingerprint density at radius 2 is 0.618 bits per heavy atom. The third-order valence-electron chi connectivity index (χ3n) is 34.6. The largest absolute Gasteiger partial charge is 0.350 e. The van der Waals surface area contributed by atoms with Crippen LogP contribution in [-0.2, 0) is 25.7 Å². The predicted molar refractivity (Wildman–Crippen MR) is 541 cm³/mol. The molecule has 16 nitrogen and oxygen atoms in total. The molecule has 26 heteroatoms. The van der Waals surface area contributed by atoms with Crippen molar-refractivity contribution in [2.75, 3.05) is 26.2 Å². The van der Waals surface area contributed by atoms with Gasteiger partial charge in [0.15, 0.2) is 28.6 Å². The number of aromatic nitrogens is 8. The number of hydrogen-bond donors (Lipinski definition) is 4. The molecule has 4 amide bonds. The fourth-order valence-electron chi connectivity index (χ4n) is 26.5. The number of carbonyl (C=O) groups excluding carboxylic acids is 4. The van der Waals surface area contributed by atoms with Crippen LogP contribution in [-0.4, -0.2) is 88.9 Å². The number of halogens is 10. The minimum Gasteiger partial charge on any atom is -0.350 e. The van der Waals surface area contributed by atoms with Gasteiger partial charge in [0.1, 0.15) is 11.5 Å². The first-order chi connectivity index (χ1) is 64.9. The minimum absolute atomic E-state index is 0.0936. The lowest BCUT2D eigenvalue weighted by molar-refractivity contribution is -0.103. The van der Waals surface area contributed by atoms with Crippen LogP contribution in [0.2, 0.25) is 35.2 Å². The number of benzene rings is 8. The maximum absolute atomic E-state index is 14.8. The molecule has 0 radical (unpaired) electrons. The van der Waals surface area contributed by atoms with Gasteiger partial charge in [-0.15, -0.1) is 0 Å². The number of amides is 4. The monoisotopic (exact) mass is 2020 g/mol. The minimum atomic E-state index is -0.707. The zero-order chi connectivity index (χ0) is 95.1. The number of aryl methyl sites for hydroxylation is 2. The van der Waals surface area contributed by atoms with Gasteiger partial charge in [0.05, 0.1) is 54.9 Å². The molecule has 16 aliphatic carbocycles. The summed E-state index contributed by atoms with van der Waals surface area (Å²) in [6.45, 7) is 25.9. The number of fused-ring (bicyclic) bond motifs is 20. The lowest BCUT2D eigenvalue weighted by atomic mass is 9.45. The molecular formula is C110H110BrCl7F2N12O4. The predicted octanol–water partition coefficient (Wildman–Crippen LogP) is 27.2.